The molecule has 0 saturated heterocycles. The lowest BCUT2D eigenvalue weighted by Crippen LogP contribution is -2.41. The average molecular weight is 432 g/mol. The van der Waals surface area contributed by atoms with E-state index in [1.165, 1.54) is 6.20 Å². The SMILES string of the molecule is O=C(NNC(=O)c1cn(Cc2ccccc2)nc1-c1ccc(Cl)cc1)c1cccnc1. The van der Waals surface area contributed by atoms with Crippen LogP contribution < -0.4 is 10.9 Å². The zero-order valence-corrected chi connectivity index (χ0v) is 17.1. The van der Waals surface area contributed by atoms with E-state index in [-0.39, 0.29) is 0 Å². The van der Waals surface area contributed by atoms with Crippen LogP contribution in [0.3, 0.4) is 0 Å². The van der Waals surface area contributed by atoms with E-state index in [2.05, 4.69) is 20.9 Å². The fourth-order valence-electron chi connectivity index (χ4n) is 3.01. The highest BCUT2D eigenvalue weighted by Gasteiger charge is 2.19. The van der Waals surface area contributed by atoms with Crippen molar-refractivity contribution < 1.29 is 9.59 Å². The second-order valence-corrected chi connectivity index (χ2v) is 7.17. The fraction of sp³-hybridized carbons (Fsp3) is 0.0435. The molecule has 7 nitrogen and oxygen atoms in total. The Bertz CT molecular complexity index is 1190. The maximum Gasteiger partial charge on any atom is 0.273 e. The third-order valence-corrected chi connectivity index (χ3v) is 4.78. The molecule has 0 spiro atoms. The standard InChI is InChI=1S/C23H18ClN5O2/c24-19-10-8-17(9-11-19)21-20(15-29(28-21)14-16-5-2-1-3-6-16)23(31)27-26-22(30)18-7-4-12-25-13-18/h1-13,15H,14H2,(H,26,30)(H,27,31). The summed E-state index contributed by atoms with van der Waals surface area (Å²) >= 11 is 6.00. The van der Waals surface area contributed by atoms with Gasteiger partial charge in [0, 0.05) is 29.2 Å². The number of aromatic nitrogens is 3. The van der Waals surface area contributed by atoms with E-state index in [1.54, 1.807) is 53.5 Å². The third-order valence-electron chi connectivity index (χ3n) is 4.52. The summed E-state index contributed by atoms with van der Waals surface area (Å²) in [6.45, 7) is 0.497. The van der Waals surface area contributed by atoms with Gasteiger partial charge in [0.05, 0.1) is 17.7 Å². The Morgan fingerprint density at radius 3 is 2.35 bits per heavy atom. The van der Waals surface area contributed by atoms with Crippen LogP contribution in [0.25, 0.3) is 11.3 Å². The quantitative estimate of drug-likeness (QED) is 0.471. The van der Waals surface area contributed by atoms with Gasteiger partial charge in [0.25, 0.3) is 11.8 Å². The molecular weight excluding hydrogens is 414 g/mol. The number of halogens is 1. The Morgan fingerprint density at radius 1 is 0.903 bits per heavy atom. The number of hydrogen-bond acceptors (Lipinski definition) is 4. The summed E-state index contributed by atoms with van der Waals surface area (Å²) in [5.74, 6) is -0.951. The van der Waals surface area contributed by atoms with Gasteiger partial charge in [-0.05, 0) is 29.8 Å². The Morgan fingerprint density at radius 2 is 1.65 bits per heavy atom. The van der Waals surface area contributed by atoms with E-state index in [1.807, 2.05) is 30.3 Å². The molecule has 0 radical (unpaired) electrons. The van der Waals surface area contributed by atoms with E-state index in [0.29, 0.717) is 28.4 Å². The molecule has 2 N–H and O–H groups in total. The van der Waals surface area contributed by atoms with Gasteiger partial charge in [-0.15, -0.1) is 0 Å². The number of amides is 2. The molecule has 0 aliphatic heterocycles. The van der Waals surface area contributed by atoms with Gasteiger partial charge in [0.15, 0.2) is 0 Å². The van der Waals surface area contributed by atoms with Crippen LogP contribution in [0.4, 0.5) is 0 Å². The van der Waals surface area contributed by atoms with Gasteiger partial charge in [0.2, 0.25) is 0 Å². The Balaban J connectivity index is 1.58. The van der Waals surface area contributed by atoms with Gasteiger partial charge < -0.3 is 0 Å². The average Bonchev–Trinajstić information content (AvgIpc) is 3.23. The zero-order chi connectivity index (χ0) is 21.6. The van der Waals surface area contributed by atoms with Crippen molar-refractivity contribution in [1.29, 1.82) is 0 Å². The fourth-order valence-corrected chi connectivity index (χ4v) is 3.14. The largest absolute Gasteiger partial charge is 0.273 e. The predicted octanol–water partition coefficient (Wildman–Crippen LogP) is 3.72. The minimum Gasteiger partial charge on any atom is -0.267 e. The molecular formula is C23H18ClN5O2. The van der Waals surface area contributed by atoms with E-state index in [0.717, 1.165) is 11.1 Å². The number of carbonyl (C=O) groups excluding carboxylic acids is 2. The van der Waals surface area contributed by atoms with Crippen molar-refractivity contribution >= 4 is 23.4 Å². The molecule has 0 atom stereocenters. The van der Waals surface area contributed by atoms with Crippen molar-refractivity contribution in [3.8, 4) is 11.3 Å². The summed E-state index contributed by atoms with van der Waals surface area (Å²) in [6.07, 6.45) is 4.63. The number of hydrogen-bond donors (Lipinski definition) is 2. The summed E-state index contributed by atoms with van der Waals surface area (Å²) in [5.41, 5.74) is 7.78. The molecule has 0 aliphatic carbocycles. The normalized spacial score (nSPS) is 10.5. The number of nitrogens with zero attached hydrogens (tertiary/aromatic N) is 3. The van der Waals surface area contributed by atoms with Crippen molar-refractivity contribution in [3.05, 3.63) is 107 Å². The minimum atomic E-state index is -0.485. The first-order valence-electron chi connectivity index (χ1n) is 9.48. The van der Waals surface area contributed by atoms with Crippen LogP contribution in [-0.2, 0) is 6.54 Å². The van der Waals surface area contributed by atoms with Crippen LogP contribution in [0.1, 0.15) is 26.3 Å². The molecule has 2 amide bonds. The predicted molar refractivity (Wildman–Crippen MR) is 117 cm³/mol. The molecule has 31 heavy (non-hydrogen) atoms. The molecule has 0 fully saturated rings. The minimum absolute atomic E-state index is 0.324. The molecule has 0 aliphatic rings. The first-order chi connectivity index (χ1) is 15.1. The van der Waals surface area contributed by atoms with Gasteiger partial charge in [-0.1, -0.05) is 54.1 Å². The van der Waals surface area contributed by atoms with Crippen molar-refractivity contribution in [1.82, 2.24) is 25.6 Å². The van der Waals surface area contributed by atoms with Gasteiger partial charge in [-0.3, -0.25) is 30.1 Å². The van der Waals surface area contributed by atoms with E-state index in [9.17, 15) is 9.59 Å². The first-order valence-corrected chi connectivity index (χ1v) is 9.86. The van der Waals surface area contributed by atoms with Gasteiger partial charge in [-0.25, -0.2) is 0 Å². The summed E-state index contributed by atoms with van der Waals surface area (Å²) in [5, 5.41) is 5.19. The molecule has 0 unspecified atom stereocenters. The van der Waals surface area contributed by atoms with E-state index >= 15 is 0 Å². The van der Waals surface area contributed by atoms with Crippen LogP contribution in [0.2, 0.25) is 5.02 Å². The molecule has 0 saturated carbocycles. The topological polar surface area (TPSA) is 88.9 Å². The van der Waals surface area contributed by atoms with Crippen LogP contribution in [-0.4, -0.2) is 26.6 Å². The highest BCUT2D eigenvalue weighted by Crippen LogP contribution is 2.24. The Hall–Kier alpha value is -3.97. The maximum absolute atomic E-state index is 12.9. The highest BCUT2D eigenvalue weighted by molar-refractivity contribution is 6.30. The summed E-state index contributed by atoms with van der Waals surface area (Å²) in [6, 6.07) is 20.1. The third kappa shape index (κ3) is 4.96. The van der Waals surface area contributed by atoms with Crippen molar-refractivity contribution in [3.63, 3.8) is 0 Å². The second-order valence-electron chi connectivity index (χ2n) is 6.73. The molecule has 8 heteroatoms. The molecule has 0 bridgehead atoms. The van der Waals surface area contributed by atoms with Gasteiger partial charge in [-0.2, -0.15) is 5.10 Å². The molecule has 4 rings (SSSR count). The van der Waals surface area contributed by atoms with Crippen molar-refractivity contribution in [2.75, 3.05) is 0 Å². The van der Waals surface area contributed by atoms with Crippen molar-refractivity contribution in [2.24, 2.45) is 0 Å². The Labute approximate surface area is 183 Å². The lowest BCUT2D eigenvalue weighted by Gasteiger charge is -2.07. The summed E-state index contributed by atoms with van der Waals surface area (Å²) < 4.78 is 1.69. The lowest BCUT2D eigenvalue weighted by atomic mass is 10.1. The van der Waals surface area contributed by atoms with Crippen LogP contribution in [0.5, 0.6) is 0 Å². The molecule has 154 valence electrons. The second kappa shape index (κ2) is 9.23. The summed E-state index contributed by atoms with van der Waals surface area (Å²) in [7, 11) is 0. The van der Waals surface area contributed by atoms with Crippen molar-refractivity contribution in [2.45, 2.75) is 6.54 Å². The number of carbonyl (C=O) groups is 2. The monoisotopic (exact) mass is 431 g/mol. The van der Waals surface area contributed by atoms with Gasteiger partial charge >= 0.3 is 0 Å². The number of hydrazine groups is 1. The summed E-state index contributed by atoms with van der Waals surface area (Å²) in [4.78, 5) is 29.0. The van der Waals surface area contributed by atoms with E-state index < -0.39 is 11.8 Å². The van der Waals surface area contributed by atoms with Gasteiger partial charge in [0.1, 0.15) is 5.69 Å². The molecule has 4 aromatic rings. The number of pyridine rings is 1. The molecule has 2 heterocycles. The molecule has 2 aromatic heterocycles. The number of benzene rings is 2. The lowest BCUT2D eigenvalue weighted by molar-refractivity contribution is 0.0846. The first kappa shape index (κ1) is 20.3. The van der Waals surface area contributed by atoms with Crippen LogP contribution >= 0.6 is 11.6 Å². The maximum atomic E-state index is 12.9. The Kier molecular flexibility index (Phi) is 6.05. The number of rotatable bonds is 5. The van der Waals surface area contributed by atoms with E-state index in [4.69, 9.17) is 11.6 Å². The molecule has 2 aromatic carbocycles. The van der Waals surface area contributed by atoms with Crippen LogP contribution in [0, 0.1) is 0 Å². The zero-order valence-electron chi connectivity index (χ0n) is 16.3. The van der Waals surface area contributed by atoms with Crippen LogP contribution in [0.15, 0.2) is 85.3 Å². The highest BCUT2D eigenvalue weighted by atomic mass is 35.5. The smallest absolute Gasteiger partial charge is 0.267 e. The number of nitrogens with one attached hydrogen (secondary N) is 2.